The van der Waals surface area contributed by atoms with E-state index in [0.717, 1.165) is 16.3 Å². The van der Waals surface area contributed by atoms with E-state index in [4.69, 9.17) is 4.52 Å². The van der Waals surface area contributed by atoms with Crippen LogP contribution in [0.25, 0.3) is 11.4 Å². The number of nitrogens with one attached hydrogen (secondary N) is 1. The number of nitrogens with zero attached hydrogens (tertiary/aromatic N) is 3. The van der Waals surface area contributed by atoms with Gasteiger partial charge in [-0.25, -0.2) is 4.98 Å². The maximum Gasteiger partial charge on any atom is 0.227 e. The molecule has 0 radical (unpaired) electrons. The molecule has 3 aromatic rings. The van der Waals surface area contributed by atoms with Crippen LogP contribution in [0, 0.1) is 0 Å². The number of amides is 1. The molecule has 0 atom stereocenters. The molecule has 0 saturated carbocycles. The van der Waals surface area contributed by atoms with Gasteiger partial charge in [0.1, 0.15) is 0 Å². The normalized spacial score (nSPS) is 11.0. The third kappa shape index (κ3) is 5.42. The number of carbonyl (C=O) groups is 1. The first-order valence-corrected chi connectivity index (χ1v) is 10.4. The van der Waals surface area contributed by atoms with Crippen molar-refractivity contribution in [1.29, 1.82) is 0 Å². The molecule has 0 aliphatic rings. The molecule has 146 valence electrons. The maximum absolute atomic E-state index is 12.1. The lowest BCUT2D eigenvalue weighted by atomic mass is 10.0. The first-order valence-electron chi connectivity index (χ1n) is 9.36. The Labute approximate surface area is 169 Å². The number of aromatic nitrogens is 3. The molecule has 2 aromatic heterocycles. The van der Waals surface area contributed by atoms with Crippen LogP contribution in [-0.2, 0) is 11.2 Å². The lowest BCUT2D eigenvalue weighted by molar-refractivity contribution is -0.116. The number of benzene rings is 1. The molecule has 0 fully saturated rings. The van der Waals surface area contributed by atoms with Gasteiger partial charge in [-0.3, -0.25) is 4.79 Å². The fraction of sp³-hybridized carbons (Fsp3) is 0.333. The smallest absolute Gasteiger partial charge is 0.227 e. The molecule has 0 saturated heterocycles. The minimum atomic E-state index is -0.112. The Bertz CT molecular complexity index is 905. The Hall–Kier alpha value is -2.67. The highest BCUT2D eigenvalue weighted by Gasteiger charge is 2.11. The van der Waals surface area contributed by atoms with E-state index < -0.39 is 0 Å². The largest absolute Gasteiger partial charge is 0.339 e. The average molecular weight is 397 g/mol. The van der Waals surface area contributed by atoms with Crippen LogP contribution >= 0.6 is 11.8 Å². The standard InChI is InChI=1S/C21H24N4O2S/c1-4-28-20-12-9-17(13-22-20)23-18(26)10-11-19-24-21(25-27-19)16-7-5-15(6-8-16)14(2)3/h5-9,12-14H,4,10-11H2,1-3H3,(H,23,26). The second-order valence-electron chi connectivity index (χ2n) is 6.65. The first kappa shape index (κ1) is 20.1. The predicted octanol–water partition coefficient (Wildman–Crippen LogP) is 4.94. The Morgan fingerprint density at radius 3 is 2.61 bits per heavy atom. The van der Waals surface area contributed by atoms with Crippen LogP contribution in [0.4, 0.5) is 5.69 Å². The monoisotopic (exact) mass is 396 g/mol. The van der Waals surface area contributed by atoms with Crippen molar-refractivity contribution in [2.45, 2.75) is 44.6 Å². The van der Waals surface area contributed by atoms with Gasteiger partial charge in [-0.05, 0) is 29.4 Å². The first-order chi connectivity index (χ1) is 13.5. The molecule has 0 unspecified atom stereocenters. The average Bonchev–Trinajstić information content (AvgIpc) is 3.17. The number of rotatable bonds is 8. The second-order valence-corrected chi connectivity index (χ2v) is 7.94. The summed E-state index contributed by atoms with van der Waals surface area (Å²) in [5.41, 5.74) is 2.85. The highest BCUT2D eigenvalue weighted by atomic mass is 32.2. The van der Waals surface area contributed by atoms with Gasteiger partial charge in [0.25, 0.3) is 0 Å². The summed E-state index contributed by atoms with van der Waals surface area (Å²) < 4.78 is 5.28. The van der Waals surface area contributed by atoms with Gasteiger partial charge < -0.3 is 9.84 Å². The van der Waals surface area contributed by atoms with E-state index in [2.05, 4.69) is 53.3 Å². The Kier molecular flexibility index (Phi) is 6.81. The van der Waals surface area contributed by atoms with Crippen LogP contribution in [0.1, 0.15) is 44.6 Å². The van der Waals surface area contributed by atoms with Crippen molar-refractivity contribution < 1.29 is 9.32 Å². The third-order valence-electron chi connectivity index (χ3n) is 4.18. The number of aryl methyl sites for hydroxylation is 1. The fourth-order valence-corrected chi connectivity index (χ4v) is 3.21. The van der Waals surface area contributed by atoms with Crippen LogP contribution in [0.5, 0.6) is 0 Å². The van der Waals surface area contributed by atoms with Crippen LogP contribution in [0.3, 0.4) is 0 Å². The maximum atomic E-state index is 12.1. The molecule has 0 aliphatic heterocycles. The molecule has 0 bridgehead atoms. The molecule has 0 spiro atoms. The molecule has 1 amide bonds. The van der Waals surface area contributed by atoms with Gasteiger partial charge >= 0.3 is 0 Å². The summed E-state index contributed by atoms with van der Waals surface area (Å²) in [7, 11) is 0. The summed E-state index contributed by atoms with van der Waals surface area (Å²) in [6.45, 7) is 6.38. The lowest BCUT2D eigenvalue weighted by Crippen LogP contribution is -2.12. The highest BCUT2D eigenvalue weighted by molar-refractivity contribution is 7.99. The van der Waals surface area contributed by atoms with E-state index in [9.17, 15) is 4.79 Å². The van der Waals surface area contributed by atoms with Crippen molar-refractivity contribution in [3.8, 4) is 11.4 Å². The highest BCUT2D eigenvalue weighted by Crippen LogP contribution is 2.21. The lowest BCUT2D eigenvalue weighted by Gasteiger charge is -2.05. The van der Waals surface area contributed by atoms with Gasteiger partial charge in [-0.2, -0.15) is 4.98 Å². The Morgan fingerprint density at radius 1 is 1.18 bits per heavy atom. The topological polar surface area (TPSA) is 80.9 Å². The van der Waals surface area contributed by atoms with Crippen LogP contribution in [0.15, 0.2) is 52.1 Å². The number of hydrogen-bond donors (Lipinski definition) is 1. The van der Waals surface area contributed by atoms with E-state index in [1.165, 1.54) is 5.56 Å². The molecule has 6 nitrogen and oxygen atoms in total. The molecular weight excluding hydrogens is 372 g/mol. The van der Waals surface area contributed by atoms with Crippen molar-refractivity contribution in [2.75, 3.05) is 11.1 Å². The van der Waals surface area contributed by atoms with Gasteiger partial charge in [0.2, 0.25) is 17.6 Å². The van der Waals surface area contributed by atoms with Crippen molar-refractivity contribution in [3.63, 3.8) is 0 Å². The van der Waals surface area contributed by atoms with Crippen LogP contribution < -0.4 is 5.32 Å². The number of hydrogen-bond acceptors (Lipinski definition) is 6. The molecule has 1 aromatic carbocycles. The number of carbonyl (C=O) groups excluding carboxylic acids is 1. The SMILES string of the molecule is CCSc1ccc(NC(=O)CCc2nc(-c3ccc(C(C)C)cc3)no2)cn1. The molecule has 7 heteroatoms. The van der Waals surface area contributed by atoms with Crippen molar-refractivity contribution in [1.82, 2.24) is 15.1 Å². The Balaban J connectivity index is 1.52. The predicted molar refractivity (Wildman–Crippen MR) is 111 cm³/mol. The quantitative estimate of drug-likeness (QED) is 0.543. The zero-order valence-electron chi connectivity index (χ0n) is 16.3. The number of anilines is 1. The summed E-state index contributed by atoms with van der Waals surface area (Å²) in [6.07, 6.45) is 2.32. The molecule has 0 aliphatic carbocycles. The summed E-state index contributed by atoms with van der Waals surface area (Å²) in [4.78, 5) is 20.8. The third-order valence-corrected chi connectivity index (χ3v) is 5.01. The van der Waals surface area contributed by atoms with Crippen LogP contribution in [-0.4, -0.2) is 26.8 Å². The summed E-state index contributed by atoms with van der Waals surface area (Å²) in [6, 6.07) is 11.9. The molecule has 2 heterocycles. The molecular formula is C21H24N4O2S. The second kappa shape index (κ2) is 9.50. The van der Waals surface area contributed by atoms with Crippen molar-refractivity contribution in [3.05, 3.63) is 54.0 Å². The Morgan fingerprint density at radius 2 is 1.96 bits per heavy atom. The zero-order valence-corrected chi connectivity index (χ0v) is 17.1. The van der Waals surface area contributed by atoms with Crippen molar-refractivity contribution in [2.24, 2.45) is 0 Å². The number of pyridine rings is 1. The van der Waals surface area contributed by atoms with E-state index in [-0.39, 0.29) is 12.3 Å². The molecule has 3 rings (SSSR count). The summed E-state index contributed by atoms with van der Waals surface area (Å²) >= 11 is 1.66. The van der Waals surface area contributed by atoms with Gasteiger partial charge in [0, 0.05) is 18.4 Å². The van der Waals surface area contributed by atoms with E-state index in [0.29, 0.717) is 29.7 Å². The summed E-state index contributed by atoms with van der Waals surface area (Å²) in [5, 5.41) is 7.80. The number of thioether (sulfide) groups is 1. The minimum Gasteiger partial charge on any atom is -0.339 e. The van der Waals surface area contributed by atoms with Gasteiger partial charge in [0.05, 0.1) is 16.9 Å². The minimum absolute atomic E-state index is 0.112. The summed E-state index contributed by atoms with van der Waals surface area (Å²) in [5.74, 6) is 2.32. The molecule has 1 N–H and O–H groups in total. The fourth-order valence-electron chi connectivity index (χ4n) is 2.62. The van der Waals surface area contributed by atoms with E-state index in [1.54, 1.807) is 18.0 Å². The van der Waals surface area contributed by atoms with Gasteiger partial charge in [0.15, 0.2) is 0 Å². The van der Waals surface area contributed by atoms with Gasteiger partial charge in [-0.1, -0.05) is 50.2 Å². The molecule has 28 heavy (non-hydrogen) atoms. The van der Waals surface area contributed by atoms with E-state index >= 15 is 0 Å². The van der Waals surface area contributed by atoms with Gasteiger partial charge in [-0.15, -0.1) is 11.8 Å². The van der Waals surface area contributed by atoms with Crippen LogP contribution in [0.2, 0.25) is 0 Å². The zero-order chi connectivity index (χ0) is 19.9. The van der Waals surface area contributed by atoms with Crippen molar-refractivity contribution >= 4 is 23.4 Å². The van der Waals surface area contributed by atoms with E-state index in [1.807, 2.05) is 24.3 Å².